The third-order valence-electron chi connectivity index (χ3n) is 2.80. The molecule has 2 nitrogen and oxygen atoms in total. The Kier molecular flexibility index (Phi) is 2.99. The van der Waals surface area contributed by atoms with E-state index in [4.69, 9.17) is 0 Å². The Balaban J connectivity index is 2.11. The molecule has 0 unspecified atom stereocenters. The van der Waals surface area contributed by atoms with Crippen LogP contribution in [0, 0.1) is 0 Å². The first kappa shape index (κ1) is 10.1. The molecule has 1 fully saturated rings. The lowest BCUT2D eigenvalue weighted by molar-refractivity contribution is 0.112. The molecule has 0 aromatic heterocycles. The number of nitrogens with zero attached hydrogens (tertiary/aromatic N) is 1. The van der Waals surface area contributed by atoms with Gasteiger partial charge in [-0.1, -0.05) is 12.1 Å². The molecule has 2 rings (SSSR count). The van der Waals surface area contributed by atoms with Gasteiger partial charge in [0.15, 0.2) is 0 Å². The highest BCUT2D eigenvalue weighted by Crippen LogP contribution is 2.21. The lowest BCUT2D eigenvalue weighted by atomic mass is 10.1. The summed E-state index contributed by atoms with van der Waals surface area (Å²) in [5, 5.41) is 0. The summed E-state index contributed by atoms with van der Waals surface area (Å²) in [6, 6.07) is 7.45. The quantitative estimate of drug-likeness (QED) is 0.694. The number of carbonyl (C=O) groups excluding carboxylic acids is 1. The second-order valence-electron chi connectivity index (χ2n) is 3.87. The maximum Gasteiger partial charge on any atom is 0.150 e. The maximum atomic E-state index is 12.9. The van der Waals surface area contributed by atoms with Crippen molar-refractivity contribution in [3.8, 4) is 0 Å². The molecule has 0 saturated carbocycles. The van der Waals surface area contributed by atoms with Crippen LogP contribution >= 0.6 is 0 Å². The summed E-state index contributed by atoms with van der Waals surface area (Å²) in [6.07, 6.45) is 1.36. The van der Waals surface area contributed by atoms with Gasteiger partial charge in [-0.2, -0.15) is 0 Å². The van der Waals surface area contributed by atoms with E-state index in [0.29, 0.717) is 18.4 Å². The molecule has 1 aliphatic heterocycles. The lowest BCUT2D eigenvalue weighted by Crippen LogP contribution is -2.34. The normalized spacial score (nSPS) is 17.8. The van der Waals surface area contributed by atoms with Crippen LogP contribution in [0.5, 0.6) is 0 Å². The number of alkyl halides is 1. The molecule has 3 heteroatoms. The van der Waals surface area contributed by atoms with Crippen molar-refractivity contribution in [2.24, 2.45) is 0 Å². The summed E-state index contributed by atoms with van der Waals surface area (Å²) < 4.78 is 12.9. The van der Waals surface area contributed by atoms with E-state index in [1.165, 1.54) is 0 Å². The molecular formula is C12H14FNO. The van der Waals surface area contributed by atoms with Crippen molar-refractivity contribution >= 4 is 12.0 Å². The zero-order chi connectivity index (χ0) is 10.7. The second kappa shape index (κ2) is 4.43. The SMILES string of the molecule is O=Cc1cccc(N2CCC(F)CC2)c1. The van der Waals surface area contributed by atoms with Gasteiger partial charge in [-0.3, -0.25) is 4.79 Å². The van der Waals surface area contributed by atoms with E-state index >= 15 is 0 Å². The Morgan fingerprint density at radius 1 is 1.33 bits per heavy atom. The predicted molar refractivity (Wildman–Crippen MR) is 58.2 cm³/mol. The minimum Gasteiger partial charge on any atom is -0.371 e. The topological polar surface area (TPSA) is 20.3 Å². The van der Waals surface area contributed by atoms with Crippen LogP contribution in [0.4, 0.5) is 10.1 Å². The summed E-state index contributed by atoms with van der Waals surface area (Å²) in [4.78, 5) is 12.7. The van der Waals surface area contributed by atoms with Gasteiger partial charge in [0.05, 0.1) is 0 Å². The first-order chi connectivity index (χ1) is 7.29. The van der Waals surface area contributed by atoms with Gasteiger partial charge in [0.2, 0.25) is 0 Å². The molecule has 0 spiro atoms. The average Bonchev–Trinajstić information content (AvgIpc) is 2.30. The molecule has 1 aromatic carbocycles. The molecular weight excluding hydrogens is 193 g/mol. The van der Waals surface area contributed by atoms with E-state index < -0.39 is 6.17 Å². The summed E-state index contributed by atoms with van der Waals surface area (Å²) in [7, 11) is 0. The van der Waals surface area contributed by atoms with E-state index in [1.807, 2.05) is 18.2 Å². The molecule has 1 saturated heterocycles. The Hall–Kier alpha value is -1.38. The monoisotopic (exact) mass is 207 g/mol. The van der Waals surface area contributed by atoms with Gasteiger partial charge in [-0.15, -0.1) is 0 Å². The van der Waals surface area contributed by atoms with Crippen molar-refractivity contribution in [3.63, 3.8) is 0 Å². The fourth-order valence-corrected chi connectivity index (χ4v) is 1.90. The fourth-order valence-electron chi connectivity index (χ4n) is 1.90. The molecule has 1 heterocycles. The number of hydrogen-bond acceptors (Lipinski definition) is 2. The Morgan fingerprint density at radius 2 is 2.07 bits per heavy atom. The zero-order valence-corrected chi connectivity index (χ0v) is 8.53. The van der Waals surface area contributed by atoms with E-state index in [9.17, 15) is 9.18 Å². The Labute approximate surface area is 88.7 Å². The highest BCUT2D eigenvalue weighted by Gasteiger charge is 2.18. The molecule has 0 N–H and O–H groups in total. The molecule has 1 aromatic rings. The number of carbonyl (C=O) groups is 1. The third kappa shape index (κ3) is 2.35. The molecule has 1 aliphatic rings. The number of halogens is 1. The molecule has 0 radical (unpaired) electrons. The van der Waals surface area contributed by atoms with Crippen LogP contribution in [0.3, 0.4) is 0 Å². The van der Waals surface area contributed by atoms with Crippen molar-refractivity contribution in [2.45, 2.75) is 19.0 Å². The number of benzene rings is 1. The van der Waals surface area contributed by atoms with Crippen molar-refractivity contribution in [3.05, 3.63) is 29.8 Å². The van der Waals surface area contributed by atoms with Gasteiger partial charge in [0.25, 0.3) is 0 Å². The predicted octanol–water partition coefficient (Wildman–Crippen LogP) is 2.44. The molecule has 0 bridgehead atoms. The van der Waals surface area contributed by atoms with Crippen molar-refractivity contribution in [1.82, 2.24) is 0 Å². The number of piperidine rings is 1. The van der Waals surface area contributed by atoms with E-state index in [0.717, 1.165) is 25.1 Å². The minimum atomic E-state index is -0.657. The maximum absolute atomic E-state index is 12.9. The van der Waals surface area contributed by atoms with Crippen LogP contribution in [-0.4, -0.2) is 25.5 Å². The number of anilines is 1. The van der Waals surface area contributed by atoms with Crippen LogP contribution in [0.25, 0.3) is 0 Å². The Bertz CT molecular complexity index is 345. The van der Waals surface area contributed by atoms with Gasteiger partial charge in [-0.05, 0) is 25.0 Å². The smallest absolute Gasteiger partial charge is 0.150 e. The third-order valence-corrected chi connectivity index (χ3v) is 2.80. The average molecular weight is 207 g/mol. The summed E-state index contributed by atoms with van der Waals surface area (Å²) in [6.45, 7) is 1.48. The fraction of sp³-hybridized carbons (Fsp3) is 0.417. The van der Waals surface area contributed by atoms with E-state index in [1.54, 1.807) is 6.07 Å². The lowest BCUT2D eigenvalue weighted by Gasteiger charge is -2.30. The van der Waals surface area contributed by atoms with Crippen molar-refractivity contribution < 1.29 is 9.18 Å². The van der Waals surface area contributed by atoms with Crippen LogP contribution in [0.1, 0.15) is 23.2 Å². The second-order valence-corrected chi connectivity index (χ2v) is 3.87. The van der Waals surface area contributed by atoms with Gasteiger partial charge in [0.1, 0.15) is 12.5 Å². The zero-order valence-electron chi connectivity index (χ0n) is 8.53. The number of aldehydes is 1. The highest BCUT2D eigenvalue weighted by atomic mass is 19.1. The summed E-state index contributed by atoms with van der Waals surface area (Å²) in [5.74, 6) is 0. The molecule has 0 amide bonds. The molecule has 15 heavy (non-hydrogen) atoms. The van der Waals surface area contributed by atoms with Crippen LogP contribution in [0.2, 0.25) is 0 Å². The number of hydrogen-bond donors (Lipinski definition) is 0. The van der Waals surface area contributed by atoms with Crippen LogP contribution < -0.4 is 4.90 Å². The Morgan fingerprint density at radius 3 is 2.73 bits per heavy atom. The van der Waals surface area contributed by atoms with Gasteiger partial charge >= 0.3 is 0 Å². The van der Waals surface area contributed by atoms with Crippen molar-refractivity contribution in [1.29, 1.82) is 0 Å². The summed E-state index contributed by atoms with van der Waals surface area (Å²) in [5.41, 5.74) is 1.70. The van der Waals surface area contributed by atoms with Crippen LogP contribution in [0.15, 0.2) is 24.3 Å². The van der Waals surface area contributed by atoms with Crippen LogP contribution in [-0.2, 0) is 0 Å². The highest BCUT2D eigenvalue weighted by molar-refractivity contribution is 5.77. The molecule has 80 valence electrons. The first-order valence-electron chi connectivity index (χ1n) is 5.24. The molecule has 0 atom stereocenters. The van der Waals surface area contributed by atoms with Crippen molar-refractivity contribution in [2.75, 3.05) is 18.0 Å². The standard InChI is InChI=1S/C12H14FNO/c13-11-4-6-14(7-5-11)12-3-1-2-10(8-12)9-15/h1-3,8-9,11H,4-7H2. The van der Waals surface area contributed by atoms with Gasteiger partial charge < -0.3 is 4.90 Å². The molecule has 0 aliphatic carbocycles. The first-order valence-corrected chi connectivity index (χ1v) is 5.24. The van der Waals surface area contributed by atoms with E-state index in [-0.39, 0.29) is 0 Å². The van der Waals surface area contributed by atoms with Gasteiger partial charge in [0, 0.05) is 24.3 Å². The summed E-state index contributed by atoms with van der Waals surface area (Å²) >= 11 is 0. The van der Waals surface area contributed by atoms with E-state index in [2.05, 4.69) is 4.90 Å². The number of rotatable bonds is 2. The largest absolute Gasteiger partial charge is 0.371 e. The van der Waals surface area contributed by atoms with Gasteiger partial charge in [-0.25, -0.2) is 4.39 Å². The minimum absolute atomic E-state index is 0.589.